The molecule has 11 heteroatoms. The Morgan fingerprint density at radius 3 is 2.51 bits per heavy atom. The number of nitrogens with zero attached hydrogens (tertiary/aromatic N) is 2. The van der Waals surface area contributed by atoms with E-state index in [2.05, 4.69) is 10.1 Å². The molecule has 2 heterocycles. The maximum absolute atomic E-state index is 13.4. The highest BCUT2D eigenvalue weighted by molar-refractivity contribution is 7.99. The molecule has 3 N–H and O–H groups in total. The molecule has 8 nitrogen and oxygen atoms in total. The van der Waals surface area contributed by atoms with Crippen LogP contribution in [0.15, 0.2) is 47.3 Å². The van der Waals surface area contributed by atoms with Crippen LogP contribution in [0.4, 0.5) is 8.78 Å². The van der Waals surface area contributed by atoms with Crippen LogP contribution in [0.2, 0.25) is 0 Å². The first-order valence-electron chi connectivity index (χ1n) is 11.1. The lowest BCUT2D eigenvalue weighted by Crippen LogP contribution is -2.48. The second kappa shape index (κ2) is 9.73. The standard InChI is InChI=1S/C24H26F2N4O4S/c1-14(20(27)31)29-19-12-15(21(32)28-24(2)8-10-35-11-9-24)6-7-18(19)30(23(29)33)16-4-3-5-17(13-16)34-22(25)26/h3-7,12-14,22H,8-11H2,1-2H3,(H2,27,31)(H,28,32). The lowest BCUT2D eigenvalue weighted by molar-refractivity contribution is -0.120. The van der Waals surface area contributed by atoms with Crippen molar-refractivity contribution in [3.63, 3.8) is 0 Å². The first-order valence-corrected chi connectivity index (χ1v) is 12.3. The predicted octanol–water partition coefficient (Wildman–Crippen LogP) is 3.46. The zero-order chi connectivity index (χ0) is 25.3. The zero-order valence-corrected chi connectivity index (χ0v) is 20.1. The zero-order valence-electron chi connectivity index (χ0n) is 19.3. The van der Waals surface area contributed by atoms with Crippen molar-refractivity contribution in [2.24, 2.45) is 5.73 Å². The van der Waals surface area contributed by atoms with Crippen LogP contribution in [0.25, 0.3) is 16.7 Å². The highest BCUT2D eigenvalue weighted by Gasteiger charge is 2.30. The van der Waals surface area contributed by atoms with E-state index in [0.717, 1.165) is 24.3 Å². The summed E-state index contributed by atoms with van der Waals surface area (Å²) in [6, 6.07) is 9.39. The molecule has 1 unspecified atom stereocenters. The molecular formula is C24H26F2N4O4S. The van der Waals surface area contributed by atoms with Crippen LogP contribution in [0.5, 0.6) is 5.75 Å². The van der Waals surface area contributed by atoms with E-state index in [9.17, 15) is 23.2 Å². The third-order valence-corrected chi connectivity index (χ3v) is 7.23. The Bertz CT molecular complexity index is 1330. The van der Waals surface area contributed by atoms with E-state index in [1.54, 1.807) is 24.3 Å². The fourth-order valence-corrected chi connectivity index (χ4v) is 5.60. The van der Waals surface area contributed by atoms with E-state index in [0.29, 0.717) is 16.6 Å². The van der Waals surface area contributed by atoms with E-state index in [-0.39, 0.29) is 22.9 Å². The summed E-state index contributed by atoms with van der Waals surface area (Å²) in [5, 5.41) is 3.10. The molecule has 186 valence electrons. The van der Waals surface area contributed by atoms with Crippen LogP contribution in [0.1, 0.15) is 43.1 Å². The molecule has 0 radical (unpaired) electrons. The SMILES string of the molecule is CC(C(N)=O)n1c(=O)n(-c2cccc(OC(F)F)c2)c2ccc(C(=O)NC3(C)CCSCC3)cc21. The molecule has 2 amide bonds. The van der Waals surface area contributed by atoms with Crippen molar-refractivity contribution in [3.8, 4) is 11.4 Å². The van der Waals surface area contributed by atoms with Gasteiger partial charge in [0.05, 0.1) is 16.7 Å². The Kier molecular flexibility index (Phi) is 6.88. The number of ether oxygens (including phenoxy) is 1. The van der Waals surface area contributed by atoms with E-state index < -0.39 is 24.3 Å². The topological polar surface area (TPSA) is 108 Å². The molecule has 1 aliphatic rings. The third-order valence-electron chi connectivity index (χ3n) is 6.25. The second-order valence-electron chi connectivity index (χ2n) is 8.77. The van der Waals surface area contributed by atoms with Gasteiger partial charge in [-0.15, -0.1) is 0 Å². The van der Waals surface area contributed by atoms with Gasteiger partial charge in [-0.05, 0) is 68.5 Å². The molecule has 3 aromatic rings. The minimum Gasteiger partial charge on any atom is -0.435 e. The lowest BCUT2D eigenvalue weighted by Gasteiger charge is -2.34. The van der Waals surface area contributed by atoms with Gasteiger partial charge in [-0.1, -0.05) is 6.07 Å². The molecule has 1 fully saturated rings. The van der Waals surface area contributed by atoms with E-state index in [1.165, 1.54) is 34.3 Å². The number of thioether (sulfide) groups is 1. The number of primary amides is 1. The third kappa shape index (κ3) is 5.04. The number of hydrogen-bond donors (Lipinski definition) is 2. The number of halogens is 2. The van der Waals surface area contributed by atoms with Crippen molar-refractivity contribution < 1.29 is 23.1 Å². The lowest BCUT2D eigenvalue weighted by atomic mass is 9.94. The van der Waals surface area contributed by atoms with Gasteiger partial charge in [0.2, 0.25) is 5.91 Å². The monoisotopic (exact) mass is 504 g/mol. The van der Waals surface area contributed by atoms with E-state index >= 15 is 0 Å². The molecule has 1 aromatic heterocycles. The van der Waals surface area contributed by atoms with Gasteiger partial charge < -0.3 is 15.8 Å². The first-order chi connectivity index (χ1) is 16.6. The number of hydrogen-bond acceptors (Lipinski definition) is 5. The maximum Gasteiger partial charge on any atom is 0.387 e. The number of fused-ring (bicyclic) bond motifs is 1. The van der Waals surface area contributed by atoms with Crippen LogP contribution in [0.3, 0.4) is 0 Å². The van der Waals surface area contributed by atoms with Gasteiger partial charge in [-0.2, -0.15) is 20.5 Å². The predicted molar refractivity (Wildman–Crippen MR) is 131 cm³/mol. The summed E-state index contributed by atoms with van der Waals surface area (Å²) in [7, 11) is 0. The van der Waals surface area contributed by atoms with Crippen LogP contribution in [-0.2, 0) is 4.79 Å². The van der Waals surface area contributed by atoms with E-state index in [1.807, 2.05) is 18.7 Å². The van der Waals surface area contributed by atoms with Gasteiger partial charge >= 0.3 is 12.3 Å². The molecule has 4 rings (SSSR count). The summed E-state index contributed by atoms with van der Waals surface area (Å²) in [6.45, 7) is 0.472. The van der Waals surface area contributed by atoms with Crippen LogP contribution in [0, 0.1) is 0 Å². The summed E-state index contributed by atoms with van der Waals surface area (Å²) in [5.41, 5.74) is 5.87. The van der Waals surface area contributed by atoms with Crippen molar-refractivity contribution in [2.75, 3.05) is 11.5 Å². The normalized spacial score (nSPS) is 16.3. The molecule has 1 saturated heterocycles. The molecule has 0 bridgehead atoms. The number of alkyl halides is 2. The van der Waals surface area contributed by atoms with Gasteiger partial charge in [0.1, 0.15) is 11.8 Å². The molecule has 0 saturated carbocycles. The average Bonchev–Trinajstić information content (AvgIpc) is 3.09. The van der Waals surface area contributed by atoms with Gasteiger partial charge in [-0.25, -0.2) is 4.79 Å². The highest BCUT2D eigenvalue weighted by atomic mass is 32.2. The van der Waals surface area contributed by atoms with Crippen molar-refractivity contribution in [1.82, 2.24) is 14.5 Å². The minimum atomic E-state index is -3.02. The van der Waals surface area contributed by atoms with Gasteiger partial charge in [0.15, 0.2) is 0 Å². The molecule has 0 aliphatic carbocycles. The van der Waals surface area contributed by atoms with Gasteiger partial charge in [0, 0.05) is 17.2 Å². The summed E-state index contributed by atoms with van der Waals surface area (Å²) in [5.74, 6) is 0.781. The van der Waals surface area contributed by atoms with Crippen molar-refractivity contribution >= 4 is 34.6 Å². The van der Waals surface area contributed by atoms with Crippen LogP contribution in [-0.4, -0.2) is 44.6 Å². The van der Waals surface area contributed by atoms with Crippen molar-refractivity contribution in [2.45, 2.75) is 44.9 Å². The number of carbonyl (C=O) groups is 2. The molecule has 1 aliphatic heterocycles. The van der Waals surface area contributed by atoms with Gasteiger partial charge in [-0.3, -0.25) is 18.7 Å². The second-order valence-corrected chi connectivity index (χ2v) is 10.00. The number of imidazole rings is 1. The molecule has 35 heavy (non-hydrogen) atoms. The average molecular weight is 505 g/mol. The van der Waals surface area contributed by atoms with Crippen LogP contribution >= 0.6 is 11.8 Å². The minimum absolute atomic E-state index is 0.122. The smallest absolute Gasteiger partial charge is 0.387 e. The number of benzene rings is 2. The maximum atomic E-state index is 13.4. The number of nitrogens with two attached hydrogens (primary N) is 1. The molecule has 2 aromatic carbocycles. The Balaban J connectivity index is 1.82. The summed E-state index contributed by atoms with van der Waals surface area (Å²) < 4.78 is 32.4. The fraction of sp³-hybridized carbons (Fsp3) is 0.375. The number of aromatic nitrogens is 2. The van der Waals surface area contributed by atoms with E-state index in [4.69, 9.17) is 5.73 Å². The fourth-order valence-electron chi connectivity index (χ4n) is 4.20. The van der Waals surface area contributed by atoms with Crippen molar-refractivity contribution in [1.29, 1.82) is 0 Å². The van der Waals surface area contributed by atoms with Crippen LogP contribution < -0.4 is 21.5 Å². The van der Waals surface area contributed by atoms with Gasteiger partial charge in [0.25, 0.3) is 5.91 Å². The number of carbonyl (C=O) groups excluding carboxylic acids is 2. The molecule has 1 atom stereocenters. The molecule has 0 spiro atoms. The summed E-state index contributed by atoms with van der Waals surface area (Å²) in [6.07, 6.45) is 1.70. The quantitative estimate of drug-likeness (QED) is 0.512. The number of rotatable bonds is 7. The largest absolute Gasteiger partial charge is 0.435 e. The first kappa shape index (κ1) is 24.8. The summed E-state index contributed by atoms with van der Waals surface area (Å²) >= 11 is 1.85. The number of nitrogens with one attached hydrogen (secondary N) is 1. The Morgan fingerprint density at radius 1 is 1.14 bits per heavy atom. The Morgan fingerprint density at radius 2 is 1.86 bits per heavy atom. The number of amides is 2. The Hall–Kier alpha value is -3.34. The molecular weight excluding hydrogens is 478 g/mol. The Labute approximate surface area is 204 Å². The highest BCUT2D eigenvalue weighted by Crippen LogP contribution is 2.28. The summed E-state index contributed by atoms with van der Waals surface area (Å²) in [4.78, 5) is 38.5. The van der Waals surface area contributed by atoms with Crippen molar-refractivity contribution in [3.05, 3.63) is 58.5 Å².